The summed E-state index contributed by atoms with van der Waals surface area (Å²) in [6.07, 6.45) is 4.36. The zero-order valence-electron chi connectivity index (χ0n) is 8.18. The largest absolute Gasteiger partial charge is 0.337 e. The average molecular weight is 194 g/mol. The molecule has 1 atom stereocenters. The molecule has 76 valence electrons. The van der Waals surface area contributed by atoms with Crippen molar-refractivity contribution in [1.29, 1.82) is 0 Å². The molecule has 0 aromatic carbocycles. The number of likely N-dealkylation sites (tertiary alicyclic amines) is 1. The van der Waals surface area contributed by atoms with Crippen molar-refractivity contribution < 1.29 is 4.79 Å². The summed E-state index contributed by atoms with van der Waals surface area (Å²) in [6.45, 7) is 1.31. The van der Waals surface area contributed by atoms with Crippen LogP contribution in [0.5, 0.6) is 0 Å². The van der Waals surface area contributed by atoms with Gasteiger partial charge >= 0.3 is 0 Å². The normalized spacial score (nSPS) is 22.0. The van der Waals surface area contributed by atoms with Crippen molar-refractivity contribution in [2.75, 3.05) is 6.54 Å². The molecule has 5 nitrogen and oxygen atoms in total. The first kappa shape index (κ1) is 9.21. The first-order valence-electron chi connectivity index (χ1n) is 4.69. The van der Waals surface area contributed by atoms with E-state index in [1.165, 1.54) is 0 Å². The van der Waals surface area contributed by atoms with Crippen LogP contribution in [-0.4, -0.2) is 32.9 Å². The van der Waals surface area contributed by atoms with Gasteiger partial charge in [-0.05, 0) is 6.42 Å². The lowest BCUT2D eigenvalue weighted by atomic mass is 10.3. The Balaban J connectivity index is 2.06. The van der Waals surface area contributed by atoms with E-state index in [9.17, 15) is 4.79 Å². The van der Waals surface area contributed by atoms with Crippen LogP contribution in [0, 0.1) is 0 Å². The first-order chi connectivity index (χ1) is 6.68. The number of carbonyl (C=O) groups is 1. The SMILES string of the molecule is Cn1ccnc1CN1CCC(N)C1=O. The van der Waals surface area contributed by atoms with Gasteiger partial charge in [0.05, 0.1) is 12.6 Å². The van der Waals surface area contributed by atoms with Crippen molar-refractivity contribution >= 4 is 5.91 Å². The lowest BCUT2D eigenvalue weighted by Crippen LogP contribution is -2.34. The molecule has 0 saturated carbocycles. The number of rotatable bonds is 2. The fourth-order valence-corrected chi connectivity index (χ4v) is 1.64. The molecule has 2 rings (SSSR count). The second-order valence-corrected chi connectivity index (χ2v) is 3.61. The maximum Gasteiger partial charge on any atom is 0.239 e. The molecular formula is C9H14N4O. The third kappa shape index (κ3) is 1.50. The number of nitrogens with two attached hydrogens (primary N) is 1. The predicted molar refractivity (Wildman–Crippen MR) is 51.2 cm³/mol. The zero-order chi connectivity index (χ0) is 10.1. The fraction of sp³-hybridized carbons (Fsp3) is 0.556. The van der Waals surface area contributed by atoms with Gasteiger partial charge in [0.25, 0.3) is 0 Å². The smallest absolute Gasteiger partial charge is 0.239 e. The molecule has 1 amide bonds. The summed E-state index contributed by atoms with van der Waals surface area (Å²) in [4.78, 5) is 17.4. The number of amides is 1. The van der Waals surface area contributed by atoms with Crippen LogP contribution in [0.3, 0.4) is 0 Å². The highest BCUT2D eigenvalue weighted by Gasteiger charge is 2.28. The van der Waals surface area contributed by atoms with E-state index in [0.29, 0.717) is 6.54 Å². The molecule has 0 aliphatic carbocycles. The van der Waals surface area contributed by atoms with E-state index in [1.807, 2.05) is 17.8 Å². The van der Waals surface area contributed by atoms with Gasteiger partial charge in [-0.15, -0.1) is 0 Å². The zero-order valence-corrected chi connectivity index (χ0v) is 8.18. The lowest BCUT2D eigenvalue weighted by Gasteiger charge is -2.15. The van der Waals surface area contributed by atoms with Crippen LogP contribution in [0.2, 0.25) is 0 Å². The Hall–Kier alpha value is -1.36. The molecule has 14 heavy (non-hydrogen) atoms. The van der Waals surface area contributed by atoms with Crippen LogP contribution in [0.1, 0.15) is 12.2 Å². The van der Waals surface area contributed by atoms with Crippen LogP contribution >= 0.6 is 0 Å². The third-order valence-corrected chi connectivity index (χ3v) is 2.59. The molecule has 1 aliphatic rings. The van der Waals surface area contributed by atoms with Gasteiger partial charge in [0.1, 0.15) is 5.82 Å². The Morgan fingerprint density at radius 1 is 1.71 bits per heavy atom. The number of imidazole rings is 1. The molecule has 1 saturated heterocycles. The maximum absolute atomic E-state index is 11.5. The summed E-state index contributed by atoms with van der Waals surface area (Å²) in [5, 5.41) is 0. The number of hydrogen-bond donors (Lipinski definition) is 1. The van der Waals surface area contributed by atoms with Gasteiger partial charge in [-0.1, -0.05) is 0 Å². The molecule has 0 spiro atoms. The minimum absolute atomic E-state index is 0.0352. The molecule has 1 aromatic rings. The number of hydrogen-bond acceptors (Lipinski definition) is 3. The van der Waals surface area contributed by atoms with E-state index < -0.39 is 0 Å². The quantitative estimate of drug-likeness (QED) is 0.689. The van der Waals surface area contributed by atoms with Gasteiger partial charge in [0.15, 0.2) is 0 Å². The summed E-state index contributed by atoms with van der Waals surface area (Å²) < 4.78 is 1.91. The van der Waals surface area contributed by atoms with Gasteiger partial charge < -0.3 is 15.2 Å². The van der Waals surface area contributed by atoms with E-state index >= 15 is 0 Å². The molecule has 0 bridgehead atoms. The van der Waals surface area contributed by atoms with Gasteiger partial charge in [0.2, 0.25) is 5.91 Å². The minimum atomic E-state index is -0.310. The van der Waals surface area contributed by atoms with Crippen LogP contribution in [-0.2, 0) is 18.4 Å². The van der Waals surface area contributed by atoms with Crippen LogP contribution in [0.4, 0.5) is 0 Å². The average Bonchev–Trinajstić information content (AvgIpc) is 2.68. The highest BCUT2D eigenvalue weighted by molar-refractivity contribution is 5.83. The molecule has 1 unspecified atom stereocenters. The number of carbonyl (C=O) groups excluding carboxylic acids is 1. The van der Waals surface area contributed by atoms with Crippen molar-refractivity contribution in [2.45, 2.75) is 19.0 Å². The summed E-state index contributed by atoms with van der Waals surface area (Å²) in [5.74, 6) is 0.931. The molecule has 5 heteroatoms. The van der Waals surface area contributed by atoms with Gasteiger partial charge in [0, 0.05) is 26.0 Å². The molecule has 1 aromatic heterocycles. The molecular weight excluding hydrogens is 180 g/mol. The Kier molecular flexibility index (Phi) is 2.25. The highest BCUT2D eigenvalue weighted by atomic mass is 16.2. The summed E-state index contributed by atoms with van der Waals surface area (Å²) in [7, 11) is 1.92. The van der Waals surface area contributed by atoms with Gasteiger partial charge in [-0.25, -0.2) is 4.98 Å². The van der Waals surface area contributed by atoms with Crippen LogP contribution in [0.25, 0.3) is 0 Å². The van der Waals surface area contributed by atoms with Crippen LogP contribution < -0.4 is 5.73 Å². The minimum Gasteiger partial charge on any atom is -0.337 e. The van der Waals surface area contributed by atoms with E-state index in [-0.39, 0.29) is 11.9 Å². The van der Waals surface area contributed by atoms with Crippen LogP contribution in [0.15, 0.2) is 12.4 Å². The monoisotopic (exact) mass is 194 g/mol. The van der Waals surface area contributed by atoms with E-state index in [4.69, 9.17) is 5.73 Å². The van der Waals surface area contributed by atoms with Crippen molar-refractivity contribution in [2.24, 2.45) is 12.8 Å². The first-order valence-corrected chi connectivity index (χ1v) is 4.69. The van der Waals surface area contributed by atoms with Crippen molar-refractivity contribution in [1.82, 2.24) is 14.5 Å². The van der Waals surface area contributed by atoms with Gasteiger partial charge in [-0.2, -0.15) is 0 Å². The summed E-state index contributed by atoms with van der Waals surface area (Å²) in [5.41, 5.74) is 5.62. The molecule has 0 radical (unpaired) electrons. The topological polar surface area (TPSA) is 64.2 Å². The third-order valence-electron chi connectivity index (χ3n) is 2.59. The Morgan fingerprint density at radius 2 is 2.50 bits per heavy atom. The van der Waals surface area contributed by atoms with E-state index in [1.54, 1.807) is 11.1 Å². The summed E-state index contributed by atoms with van der Waals surface area (Å²) in [6, 6.07) is -0.310. The Bertz CT molecular complexity index is 346. The van der Waals surface area contributed by atoms with Crippen molar-refractivity contribution in [3.63, 3.8) is 0 Å². The number of aromatic nitrogens is 2. The number of nitrogens with zero attached hydrogens (tertiary/aromatic N) is 3. The molecule has 2 N–H and O–H groups in total. The maximum atomic E-state index is 11.5. The molecule has 1 fully saturated rings. The number of aryl methyl sites for hydroxylation is 1. The predicted octanol–water partition coefficient (Wildman–Crippen LogP) is -0.520. The molecule has 1 aliphatic heterocycles. The van der Waals surface area contributed by atoms with Crippen molar-refractivity contribution in [3.8, 4) is 0 Å². The Labute approximate surface area is 82.5 Å². The standard InChI is InChI=1S/C9H14N4O/c1-12-5-3-11-8(12)6-13-4-2-7(10)9(13)14/h3,5,7H,2,4,6,10H2,1H3. The van der Waals surface area contributed by atoms with Gasteiger partial charge in [-0.3, -0.25) is 4.79 Å². The van der Waals surface area contributed by atoms with E-state index in [2.05, 4.69) is 4.98 Å². The molecule has 2 heterocycles. The second-order valence-electron chi connectivity index (χ2n) is 3.61. The van der Waals surface area contributed by atoms with E-state index in [0.717, 1.165) is 18.8 Å². The second kappa shape index (κ2) is 3.42. The lowest BCUT2D eigenvalue weighted by molar-refractivity contribution is -0.129. The fourth-order valence-electron chi connectivity index (χ4n) is 1.64. The summed E-state index contributed by atoms with van der Waals surface area (Å²) >= 11 is 0. The van der Waals surface area contributed by atoms with Crippen molar-refractivity contribution in [3.05, 3.63) is 18.2 Å². The highest BCUT2D eigenvalue weighted by Crippen LogP contribution is 2.12. The Morgan fingerprint density at radius 3 is 3.00 bits per heavy atom.